The summed E-state index contributed by atoms with van der Waals surface area (Å²) in [5.74, 6) is 0.840. The molecule has 0 saturated carbocycles. The molecule has 1 amide bonds. The van der Waals surface area contributed by atoms with E-state index in [1.165, 1.54) is 0 Å². The lowest BCUT2D eigenvalue weighted by molar-refractivity contribution is 0.0499. The van der Waals surface area contributed by atoms with Crippen LogP contribution in [0.2, 0.25) is 0 Å². The molecule has 2 heterocycles. The maximum Gasteiger partial charge on any atom is 0.416 e. The summed E-state index contributed by atoms with van der Waals surface area (Å²) in [6.45, 7) is 5.72. The van der Waals surface area contributed by atoms with E-state index in [-0.39, 0.29) is 6.09 Å². The minimum absolute atomic E-state index is 0.372. The molecule has 178 valence electrons. The van der Waals surface area contributed by atoms with Crippen molar-refractivity contribution < 1.29 is 14.3 Å². The minimum atomic E-state index is -0.879. The number of hydrogen-bond donors (Lipinski definition) is 0. The van der Waals surface area contributed by atoms with Gasteiger partial charge in [-0.05, 0) is 77.4 Å². The van der Waals surface area contributed by atoms with Gasteiger partial charge in [-0.25, -0.2) is 4.79 Å². The molecule has 0 radical (unpaired) electrons. The van der Waals surface area contributed by atoms with E-state index >= 15 is 0 Å². The van der Waals surface area contributed by atoms with Crippen molar-refractivity contribution in [1.29, 1.82) is 0 Å². The SMILES string of the molecule is CC(C)(C)OC(=O)N1c2ccccc2[C@H]2Oc3ccc4ccccc4c3C3=C(I)c4ccccc4[C@@]321. The van der Waals surface area contributed by atoms with Gasteiger partial charge in [0.2, 0.25) is 0 Å². The highest BCUT2D eigenvalue weighted by atomic mass is 127. The van der Waals surface area contributed by atoms with E-state index in [1.54, 1.807) is 0 Å². The lowest BCUT2D eigenvalue weighted by Gasteiger charge is -2.45. The van der Waals surface area contributed by atoms with Gasteiger partial charge in [-0.15, -0.1) is 0 Å². The number of benzene rings is 4. The summed E-state index contributed by atoms with van der Waals surface area (Å²) < 4.78 is 14.1. The smallest absolute Gasteiger partial charge is 0.416 e. The normalized spacial score (nSPS) is 21.3. The zero-order valence-corrected chi connectivity index (χ0v) is 22.4. The standard InChI is InChI=1S/C31H24INO3/c1-30(2,3)36-29(34)33-23-15-9-7-13-21(23)28-31(33)22-14-8-6-12-20(22)27(32)26(31)25-19-11-5-4-10-18(19)16-17-24(25)35-28/h4-17,28H,1-3H3/t28-,31-/m1/s1. The largest absolute Gasteiger partial charge is 0.482 e. The second kappa shape index (κ2) is 7.35. The second-order valence-electron chi connectivity index (χ2n) is 10.5. The molecule has 1 aliphatic carbocycles. The second-order valence-corrected chi connectivity index (χ2v) is 11.6. The molecule has 0 unspecified atom stereocenters. The summed E-state index contributed by atoms with van der Waals surface area (Å²) in [5.41, 5.74) is 4.64. The Labute approximate surface area is 223 Å². The molecule has 0 aromatic heterocycles. The molecule has 4 aromatic carbocycles. The average molecular weight is 585 g/mol. The predicted octanol–water partition coefficient (Wildman–Crippen LogP) is 8.24. The number of ether oxygens (including phenoxy) is 2. The van der Waals surface area contributed by atoms with E-state index in [2.05, 4.69) is 83.3 Å². The minimum Gasteiger partial charge on any atom is -0.482 e. The number of halogens is 1. The number of hydrogen-bond acceptors (Lipinski definition) is 3. The van der Waals surface area contributed by atoms with E-state index in [0.717, 1.165) is 53.6 Å². The van der Waals surface area contributed by atoms with Crippen LogP contribution in [0.4, 0.5) is 10.5 Å². The van der Waals surface area contributed by atoms with Crippen molar-refractivity contribution in [1.82, 2.24) is 0 Å². The van der Waals surface area contributed by atoms with Gasteiger partial charge in [-0.2, -0.15) is 0 Å². The van der Waals surface area contributed by atoms with Crippen LogP contribution in [0.3, 0.4) is 0 Å². The molecule has 4 aromatic rings. The third-order valence-corrected chi connectivity index (χ3v) is 8.45. The Morgan fingerprint density at radius 3 is 2.50 bits per heavy atom. The van der Waals surface area contributed by atoms with Gasteiger partial charge >= 0.3 is 6.09 Å². The molecule has 0 saturated heterocycles. The highest BCUT2D eigenvalue weighted by molar-refractivity contribution is 14.1. The molecule has 3 aliphatic rings. The number of fused-ring (bicyclic) bond motifs is 7. The summed E-state index contributed by atoms with van der Waals surface area (Å²) >= 11 is 2.46. The Morgan fingerprint density at radius 2 is 1.67 bits per heavy atom. The molecule has 2 atom stereocenters. The molecule has 0 N–H and O–H groups in total. The Bertz CT molecular complexity index is 1630. The number of anilines is 1. The Morgan fingerprint density at radius 1 is 0.944 bits per heavy atom. The fraction of sp³-hybridized carbons (Fsp3) is 0.194. The summed E-state index contributed by atoms with van der Waals surface area (Å²) in [7, 11) is 0. The monoisotopic (exact) mass is 585 g/mol. The van der Waals surface area contributed by atoms with Crippen LogP contribution < -0.4 is 9.64 Å². The topological polar surface area (TPSA) is 38.8 Å². The van der Waals surface area contributed by atoms with Crippen LogP contribution in [0.5, 0.6) is 5.75 Å². The van der Waals surface area contributed by atoms with Crippen LogP contribution in [0.1, 0.15) is 49.1 Å². The van der Waals surface area contributed by atoms with Crippen molar-refractivity contribution in [3.63, 3.8) is 0 Å². The first kappa shape index (κ1) is 21.9. The molecule has 7 rings (SSSR count). The van der Waals surface area contributed by atoms with Crippen LogP contribution in [0, 0.1) is 0 Å². The van der Waals surface area contributed by atoms with Gasteiger partial charge in [0, 0.05) is 20.3 Å². The Balaban J connectivity index is 1.62. The van der Waals surface area contributed by atoms with Gasteiger partial charge in [0.15, 0.2) is 6.10 Å². The quantitative estimate of drug-likeness (QED) is 0.195. The zero-order valence-electron chi connectivity index (χ0n) is 20.2. The fourth-order valence-electron chi connectivity index (χ4n) is 6.13. The van der Waals surface area contributed by atoms with Crippen LogP contribution in [-0.4, -0.2) is 11.7 Å². The van der Waals surface area contributed by atoms with Gasteiger partial charge in [0.05, 0.1) is 5.69 Å². The number of para-hydroxylation sites is 1. The van der Waals surface area contributed by atoms with Gasteiger partial charge in [-0.1, -0.05) is 72.8 Å². The summed E-state index contributed by atoms with van der Waals surface area (Å²) in [6.07, 6.45) is -0.776. The summed E-state index contributed by atoms with van der Waals surface area (Å²) in [6, 6.07) is 29.0. The van der Waals surface area contributed by atoms with Crippen molar-refractivity contribution in [3.05, 3.63) is 107 Å². The van der Waals surface area contributed by atoms with Crippen LogP contribution in [0.15, 0.2) is 84.9 Å². The maximum atomic E-state index is 14.1. The molecule has 0 fully saturated rings. The first-order chi connectivity index (χ1) is 17.3. The van der Waals surface area contributed by atoms with E-state index in [1.807, 2.05) is 49.9 Å². The number of carbonyl (C=O) groups is 1. The zero-order chi connectivity index (χ0) is 24.8. The third kappa shape index (κ3) is 2.72. The fourth-order valence-corrected chi connectivity index (χ4v) is 7.28. The molecular formula is C31H24INO3. The molecule has 4 nitrogen and oxygen atoms in total. The first-order valence-corrected chi connectivity index (χ1v) is 13.2. The van der Waals surface area contributed by atoms with Gasteiger partial charge in [0.25, 0.3) is 0 Å². The average Bonchev–Trinajstić information content (AvgIpc) is 3.30. The van der Waals surface area contributed by atoms with Crippen molar-refractivity contribution in [2.75, 3.05) is 4.90 Å². The molecule has 2 aliphatic heterocycles. The van der Waals surface area contributed by atoms with E-state index in [4.69, 9.17) is 9.47 Å². The molecule has 5 heteroatoms. The van der Waals surface area contributed by atoms with Crippen molar-refractivity contribution in [2.24, 2.45) is 0 Å². The maximum absolute atomic E-state index is 14.1. The lowest BCUT2D eigenvalue weighted by atomic mass is 9.75. The van der Waals surface area contributed by atoms with Crippen LogP contribution in [-0.2, 0) is 10.3 Å². The molecule has 1 spiro atoms. The predicted molar refractivity (Wildman–Crippen MR) is 151 cm³/mol. The number of nitrogens with zero attached hydrogens (tertiary/aromatic N) is 1. The van der Waals surface area contributed by atoms with Crippen molar-refractivity contribution in [3.8, 4) is 5.75 Å². The molecular weight excluding hydrogens is 561 g/mol. The van der Waals surface area contributed by atoms with Gasteiger partial charge in [0.1, 0.15) is 16.9 Å². The highest BCUT2D eigenvalue weighted by Gasteiger charge is 2.66. The van der Waals surface area contributed by atoms with Crippen LogP contribution >= 0.6 is 22.6 Å². The number of carbonyl (C=O) groups excluding carboxylic acids is 1. The lowest BCUT2D eigenvalue weighted by Crippen LogP contribution is -2.53. The summed E-state index contributed by atoms with van der Waals surface area (Å²) in [4.78, 5) is 16.0. The van der Waals surface area contributed by atoms with E-state index in [0.29, 0.717) is 0 Å². The van der Waals surface area contributed by atoms with Gasteiger partial charge in [-0.3, -0.25) is 4.90 Å². The molecule has 36 heavy (non-hydrogen) atoms. The van der Waals surface area contributed by atoms with Crippen LogP contribution in [0.25, 0.3) is 19.9 Å². The first-order valence-electron chi connectivity index (χ1n) is 12.1. The highest BCUT2D eigenvalue weighted by Crippen LogP contribution is 2.69. The van der Waals surface area contributed by atoms with E-state index < -0.39 is 17.2 Å². The van der Waals surface area contributed by atoms with E-state index in [9.17, 15) is 4.79 Å². The number of rotatable bonds is 0. The Kier molecular flexibility index (Phi) is 4.48. The number of amides is 1. The third-order valence-electron chi connectivity index (χ3n) is 7.33. The van der Waals surface area contributed by atoms with Crippen molar-refractivity contribution >= 4 is 54.3 Å². The van der Waals surface area contributed by atoms with Gasteiger partial charge < -0.3 is 9.47 Å². The van der Waals surface area contributed by atoms with Crippen molar-refractivity contribution in [2.45, 2.75) is 38.0 Å². The summed E-state index contributed by atoms with van der Waals surface area (Å²) in [5, 5.41) is 2.25. The molecule has 0 bridgehead atoms. The Hall–Kier alpha value is -3.32.